The van der Waals surface area contributed by atoms with Gasteiger partial charge in [0.15, 0.2) is 23.0 Å². The molecule has 1 saturated heterocycles. The summed E-state index contributed by atoms with van der Waals surface area (Å²) in [6.45, 7) is 4.47. The molecule has 0 bridgehead atoms. The number of carbonyl (C=O) groups excluding carboxylic acids is 1. The minimum absolute atomic E-state index is 0.151. The maximum absolute atomic E-state index is 11.9. The van der Waals surface area contributed by atoms with Crippen molar-refractivity contribution in [2.75, 3.05) is 35.0 Å². The predicted octanol–water partition coefficient (Wildman–Crippen LogP) is 6.18. The fourth-order valence-corrected chi connectivity index (χ4v) is 4.65. The Morgan fingerprint density at radius 2 is 1.46 bits per heavy atom. The van der Waals surface area contributed by atoms with Crippen LogP contribution >= 0.6 is 0 Å². The highest BCUT2D eigenvalue weighted by molar-refractivity contribution is 5.75. The quantitative estimate of drug-likeness (QED) is 0.223. The second-order valence-electron chi connectivity index (χ2n) is 9.29. The molecule has 0 unspecified atom stereocenters. The maximum Gasteiger partial charge on any atom is 0.250 e. The lowest BCUT2D eigenvalue weighted by molar-refractivity contribution is -0.154. The zero-order chi connectivity index (χ0) is 28.4. The second-order valence-corrected chi connectivity index (χ2v) is 9.29. The van der Waals surface area contributed by atoms with E-state index in [1.54, 1.807) is 34.5 Å². The standard InChI is InChI=1S/C30H41NO8/c1-7-10-28(32)31(33)14-9-11-20-16-21(17-25(34-3)29(20)38-15-8-2)23-12-13-24(39-23)22-18-26(35-4)30(37-6)27(19-22)36-5/h9,14,16-19,23-24,33H,7-8,10-13,15H2,1-6H3/t23-,24-/m0/s1. The largest absolute Gasteiger partial charge is 0.493 e. The average molecular weight is 544 g/mol. The molecular weight excluding hydrogens is 502 g/mol. The van der Waals surface area contributed by atoms with Crippen LogP contribution in [0.2, 0.25) is 0 Å². The van der Waals surface area contributed by atoms with Crippen molar-refractivity contribution in [1.82, 2.24) is 5.06 Å². The van der Waals surface area contributed by atoms with E-state index in [-0.39, 0.29) is 24.5 Å². The summed E-state index contributed by atoms with van der Waals surface area (Å²) < 4.78 is 34.8. The lowest BCUT2D eigenvalue weighted by Gasteiger charge is -2.20. The second kappa shape index (κ2) is 14.6. The highest BCUT2D eigenvalue weighted by atomic mass is 16.5. The number of carbonyl (C=O) groups is 1. The molecule has 1 heterocycles. The Labute approximate surface area is 231 Å². The van der Waals surface area contributed by atoms with Crippen LogP contribution in [0.3, 0.4) is 0 Å². The van der Waals surface area contributed by atoms with E-state index in [0.29, 0.717) is 53.3 Å². The Bertz CT molecular complexity index is 1110. The van der Waals surface area contributed by atoms with Gasteiger partial charge in [-0.1, -0.05) is 19.9 Å². The third-order valence-electron chi connectivity index (χ3n) is 6.58. The first-order valence-corrected chi connectivity index (χ1v) is 13.4. The van der Waals surface area contributed by atoms with E-state index >= 15 is 0 Å². The molecule has 1 N–H and O–H groups in total. The molecule has 3 rings (SSSR count). The fourth-order valence-electron chi connectivity index (χ4n) is 4.65. The number of methoxy groups -OCH3 is 4. The summed E-state index contributed by atoms with van der Waals surface area (Å²) in [7, 11) is 6.39. The van der Waals surface area contributed by atoms with Crippen LogP contribution in [0.1, 0.15) is 74.8 Å². The molecule has 9 nitrogen and oxygen atoms in total. The van der Waals surface area contributed by atoms with Crippen molar-refractivity contribution < 1.29 is 38.4 Å². The number of benzene rings is 2. The highest BCUT2D eigenvalue weighted by Crippen LogP contribution is 2.47. The Kier molecular flexibility index (Phi) is 11.3. The minimum atomic E-state index is -0.347. The van der Waals surface area contributed by atoms with Crippen molar-refractivity contribution in [2.24, 2.45) is 0 Å². The Balaban J connectivity index is 1.88. The smallest absolute Gasteiger partial charge is 0.250 e. The third kappa shape index (κ3) is 7.36. The van der Waals surface area contributed by atoms with E-state index in [0.717, 1.165) is 36.0 Å². The van der Waals surface area contributed by atoms with Crippen LogP contribution in [-0.4, -0.2) is 51.2 Å². The van der Waals surface area contributed by atoms with Gasteiger partial charge < -0.3 is 28.4 Å². The lowest BCUT2D eigenvalue weighted by atomic mass is 9.99. The molecule has 2 aromatic carbocycles. The van der Waals surface area contributed by atoms with Gasteiger partial charge >= 0.3 is 0 Å². The molecule has 9 heteroatoms. The molecule has 0 aliphatic carbocycles. The van der Waals surface area contributed by atoms with Gasteiger partial charge in [0.2, 0.25) is 11.7 Å². The van der Waals surface area contributed by atoms with Gasteiger partial charge in [-0.2, -0.15) is 5.06 Å². The van der Waals surface area contributed by atoms with E-state index in [1.807, 2.05) is 32.0 Å². The number of nitrogens with zero attached hydrogens (tertiary/aromatic N) is 1. The molecule has 2 atom stereocenters. The van der Waals surface area contributed by atoms with Gasteiger partial charge in [-0.25, -0.2) is 0 Å². The third-order valence-corrected chi connectivity index (χ3v) is 6.58. The summed E-state index contributed by atoms with van der Waals surface area (Å²) in [5.74, 6) is 2.63. The lowest BCUT2D eigenvalue weighted by Crippen LogP contribution is -2.20. The van der Waals surface area contributed by atoms with E-state index < -0.39 is 0 Å². The Morgan fingerprint density at radius 1 is 0.897 bits per heavy atom. The van der Waals surface area contributed by atoms with Gasteiger partial charge in [0, 0.05) is 18.2 Å². The molecule has 1 amide bonds. The van der Waals surface area contributed by atoms with E-state index in [1.165, 1.54) is 6.20 Å². The van der Waals surface area contributed by atoms with Crippen molar-refractivity contribution in [3.8, 4) is 28.7 Å². The minimum Gasteiger partial charge on any atom is -0.493 e. The van der Waals surface area contributed by atoms with E-state index in [4.69, 9.17) is 28.4 Å². The molecule has 0 radical (unpaired) electrons. The average Bonchev–Trinajstić information content (AvgIpc) is 3.45. The molecule has 0 spiro atoms. The molecule has 39 heavy (non-hydrogen) atoms. The zero-order valence-electron chi connectivity index (χ0n) is 23.8. The molecular formula is C30H41NO8. The summed E-state index contributed by atoms with van der Waals surface area (Å²) in [5.41, 5.74) is 2.80. The van der Waals surface area contributed by atoms with Gasteiger partial charge in [-0.15, -0.1) is 0 Å². The number of hydroxylamine groups is 2. The van der Waals surface area contributed by atoms with Crippen LogP contribution in [-0.2, 0) is 16.0 Å². The van der Waals surface area contributed by atoms with Gasteiger partial charge in [0.25, 0.3) is 0 Å². The zero-order valence-corrected chi connectivity index (χ0v) is 23.8. The molecule has 1 aliphatic rings. The maximum atomic E-state index is 11.9. The first kappa shape index (κ1) is 30.1. The van der Waals surface area contributed by atoms with Crippen LogP contribution < -0.4 is 23.7 Å². The monoisotopic (exact) mass is 543 g/mol. The number of rotatable bonds is 14. The first-order chi connectivity index (χ1) is 18.9. The fraction of sp³-hybridized carbons (Fsp3) is 0.500. The normalized spacial score (nSPS) is 16.8. The summed E-state index contributed by atoms with van der Waals surface area (Å²) in [6.07, 6.45) is 6.65. The Morgan fingerprint density at radius 3 is 1.97 bits per heavy atom. The van der Waals surface area contributed by atoms with Crippen molar-refractivity contribution >= 4 is 5.91 Å². The van der Waals surface area contributed by atoms with Crippen LogP contribution in [0.15, 0.2) is 36.5 Å². The number of ether oxygens (including phenoxy) is 6. The predicted molar refractivity (Wildman–Crippen MR) is 147 cm³/mol. The van der Waals surface area contributed by atoms with Gasteiger partial charge in [0.1, 0.15) is 0 Å². The van der Waals surface area contributed by atoms with E-state index in [2.05, 4.69) is 6.07 Å². The molecule has 214 valence electrons. The summed E-state index contributed by atoms with van der Waals surface area (Å²) in [4.78, 5) is 11.9. The van der Waals surface area contributed by atoms with Crippen LogP contribution in [0.5, 0.6) is 28.7 Å². The van der Waals surface area contributed by atoms with Crippen LogP contribution in [0, 0.1) is 0 Å². The molecule has 1 fully saturated rings. The molecule has 1 aliphatic heterocycles. The number of hydrogen-bond acceptors (Lipinski definition) is 8. The summed E-state index contributed by atoms with van der Waals surface area (Å²) in [6, 6.07) is 7.86. The van der Waals surface area contributed by atoms with Crippen molar-refractivity contribution in [3.63, 3.8) is 0 Å². The Hall–Kier alpha value is -3.43. The van der Waals surface area contributed by atoms with Gasteiger partial charge in [0.05, 0.1) is 47.3 Å². The molecule has 2 aromatic rings. The topological polar surface area (TPSA) is 95.9 Å². The summed E-state index contributed by atoms with van der Waals surface area (Å²) in [5, 5.41) is 10.6. The molecule has 0 aromatic heterocycles. The highest BCUT2D eigenvalue weighted by Gasteiger charge is 2.31. The summed E-state index contributed by atoms with van der Waals surface area (Å²) >= 11 is 0. The van der Waals surface area contributed by atoms with Gasteiger partial charge in [-0.3, -0.25) is 10.0 Å². The van der Waals surface area contributed by atoms with Gasteiger partial charge in [-0.05, 0) is 67.5 Å². The number of hydrogen-bond donors (Lipinski definition) is 1. The van der Waals surface area contributed by atoms with Crippen LogP contribution in [0.25, 0.3) is 0 Å². The first-order valence-electron chi connectivity index (χ1n) is 13.4. The molecule has 0 saturated carbocycles. The van der Waals surface area contributed by atoms with Crippen molar-refractivity contribution in [1.29, 1.82) is 0 Å². The number of allylic oxidation sites excluding steroid dienone is 1. The van der Waals surface area contributed by atoms with Crippen LogP contribution in [0.4, 0.5) is 0 Å². The van der Waals surface area contributed by atoms with E-state index in [9.17, 15) is 10.0 Å². The SMILES string of the molecule is CCCOc1c(CC=CN(O)C(=O)CCC)cc([C@@H]2CC[C@@H](c3cc(OC)c(OC)c(OC)c3)O2)cc1OC. The van der Waals surface area contributed by atoms with Crippen molar-refractivity contribution in [3.05, 3.63) is 53.2 Å². The van der Waals surface area contributed by atoms with Crippen molar-refractivity contribution in [2.45, 2.75) is 64.6 Å². The number of amides is 1.